The third-order valence-corrected chi connectivity index (χ3v) is 2.39. The molecule has 0 bridgehead atoms. The smallest absolute Gasteiger partial charge is 0.274 e. The molecule has 0 aliphatic rings. The molecule has 0 aromatic carbocycles. The molecule has 0 saturated carbocycles. The van der Waals surface area contributed by atoms with Crippen molar-refractivity contribution in [3.8, 4) is 0 Å². The molecule has 1 rings (SSSR count). The summed E-state index contributed by atoms with van der Waals surface area (Å²) in [6.07, 6.45) is 0. The van der Waals surface area contributed by atoms with E-state index in [1.54, 1.807) is 13.1 Å². The van der Waals surface area contributed by atoms with E-state index in [9.17, 15) is 4.79 Å². The summed E-state index contributed by atoms with van der Waals surface area (Å²) in [5.41, 5.74) is 1.15. The minimum Gasteiger partial charge on any atom is -0.274 e. The zero-order valence-corrected chi connectivity index (χ0v) is 9.83. The summed E-state index contributed by atoms with van der Waals surface area (Å²) >= 11 is 3.26. The Balaban J connectivity index is 3.06. The van der Waals surface area contributed by atoms with Gasteiger partial charge in [-0.2, -0.15) is 0 Å². The highest BCUT2D eigenvalue weighted by Gasteiger charge is 2.16. The van der Waals surface area contributed by atoms with Gasteiger partial charge in [-0.05, 0) is 35.0 Å². The standard InChI is InChI=1S/C9H11BrN2O2/c1-6-4-5-7(10)8(11-6)9(13)12(2)14-3/h4-5H,1-3H3. The van der Waals surface area contributed by atoms with Crippen molar-refractivity contribution in [1.82, 2.24) is 10.0 Å². The summed E-state index contributed by atoms with van der Waals surface area (Å²) in [6.45, 7) is 1.83. The lowest BCUT2D eigenvalue weighted by atomic mass is 10.3. The molecule has 1 amide bonds. The maximum absolute atomic E-state index is 11.7. The molecule has 0 saturated heterocycles. The van der Waals surface area contributed by atoms with Gasteiger partial charge in [-0.1, -0.05) is 0 Å². The van der Waals surface area contributed by atoms with Crippen molar-refractivity contribution in [3.05, 3.63) is 28.0 Å². The normalized spacial score (nSPS) is 10.0. The molecule has 5 heteroatoms. The van der Waals surface area contributed by atoms with E-state index in [1.165, 1.54) is 7.11 Å². The second-order valence-corrected chi connectivity index (χ2v) is 3.62. The van der Waals surface area contributed by atoms with E-state index in [4.69, 9.17) is 4.84 Å². The van der Waals surface area contributed by atoms with Crippen LogP contribution in [-0.2, 0) is 4.84 Å². The van der Waals surface area contributed by atoms with Gasteiger partial charge in [-0.25, -0.2) is 10.0 Å². The van der Waals surface area contributed by atoms with Gasteiger partial charge in [0.1, 0.15) is 5.69 Å². The summed E-state index contributed by atoms with van der Waals surface area (Å²) in [4.78, 5) is 20.6. The quantitative estimate of drug-likeness (QED) is 0.760. The lowest BCUT2D eigenvalue weighted by molar-refractivity contribution is -0.0761. The van der Waals surface area contributed by atoms with Crippen molar-refractivity contribution < 1.29 is 9.63 Å². The number of amides is 1. The highest BCUT2D eigenvalue weighted by Crippen LogP contribution is 2.16. The third kappa shape index (κ3) is 2.30. The van der Waals surface area contributed by atoms with Gasteiger partial charge in [0.2, 0.25) is 0 Å². The molecule has 76 valence electrons. The van der Waals surface area contributed by atoms with Crippen molar-refractivity contribution >= 4 is 21.8 Å². The molecule has 1 heterocycles. The molecule has 1 aromatic rings. The second kappa shape index (κ2) is 4.52. The van der Waals surface area contributed by atoms with Crippen molar-refractivity contribution in [1.29, 1.82) is 0 Å². The van der Waals surface area contributed by atoms with Gasteiger partial charge in [0, 0.05) is 17.2 Å². The van der Waals surface area contributed by atoms with Crippen LogP contribution >= 0.6 is 15.9 Å². The Morgan fingerprint density at radius 3 is 2.79 bits per heavy atom. The number of nitrogens with zero attached hydrogens (tertiary/aromatic N) is 2. The zero-order chi connectivity index (χ0) is 10.7. The largest absolute Gasteiger partial charge is 0.296 e. The van der Waals surface area contributed by atoms with E-state index < -0.39 is 0 Å². The molecule has 14 heavy (non-hydrogen) atoms. The molecule has 0 unspecified atom stereocenters. The summed E-state index contributed by atoms with van der Waals surface area (Å²) in [7, 11) is 2.97. The minimum absolute atomic E-state index is 0.275. The maximum atomic E-state index is 11.7. The molecule has 0 radical (unpaired) electrons. The first-order valence-corrected chi connectivity index (χ1v) is 4.81. The number of carbonyl (C=O) groups is 1. The number of pyridine rings is 1. The Bertz CT molecular complexity index is 355. The number of rotatable bonds is 2. The molecule has 0 aliphatic carbocycles. The highest BCUT2D eigenvalue weighted by molar-refractivity contribution is 9.10. The highest BCUT2D eigenvalue weighted by atomic mass is 79.9. The van der Waals surface area contributed by atoms with Crippen LogP contribution < -0.4 is 0 Å². The zero-order valence-electron chi connectivity index (χ0n) is 8.24. The Morgan fingerprint density at radius 1 is 1.57 bits per heavy atom. The Kier molecular flexibility index (Phi) is 3.60. The topological polar surface area (TPSA) is 42.4 Å². The van der Waals surface area contributed by atoms with Crippen LogP contribution in [0.3, 0.4) is 0 Å². The van der Waals surface area contributed by atoms with E-state index in [0.29, 0.717) is 10.2 Å². The summed E-state index contributed by atoms with van der Waals surface area (Å²) in [6, 6.07) is 3.62. The van der Waals surface area contributed by atoms with Crippen LogP contribution in [0.4, 0.5) is 0 Å². The molecular weight excluding hydrogens is 248 g/mol. The van der Waals surface area contributed by atoms with Crippen LogP contribution in [0.15, 0.2) is 16.6 Å². The number of carbonyl (C=O) groups excluding carboxylic acids is 1. The van der Waals surface area contributed by atoms with E-state index in [1.807, 2.05) is 13.0 Å². The molecule has 4 nitrogen and oxygen atoms in total. The number of hydroxylamine groups is 2. The van der Waals surface area contributed by atoms with Crippen LogP contribution in [0.5, 0.6) is 0 Å². The molecule has 0 atom stereocenters. The van der Waals surface area contributed by atoms with Gasteiger partial charge in [-0.15, -0.1) is 0 Å². The number of aryl methyl sites for hydroxylation is 1. The summed E-state index contributed by atoms with van der Waals surface area (Å²) in [5, 5.41) is 1.13. The van der Waals surface area contributed by atoms with Crippen LogP contribution in [0, 0.1) is 6.92 Å². The predicted molar refractivity (Wildman–Crippen MR) is 55.8 cm³/mol. The number of hydrogen-bond acceptors (Lipinski definition) is 3. The van der Waals surface area contributed by atoms with Gasteiger partial charge < -0.3 is 0 Å². The van der Waals surface area contributed by atoms with Crippen molar-refractivity contribution in [2.75, 3.05) is 14.2 Å². The SMILES string of the molecule is CON(C)C(=O)c1nc(C)ccc1Br. The first kappa shape index (κ1) is 11.1. The molecule has 0 spiro atoms. The summed E-state index contributed by atoms with van der Waals surface area (Å²) < 4.78 is 0.664. The lowest BCUT2D eigenvalue weighted by Gasteiger charge is -2.13. The third-order valence-electron chi connectivity index (χ3n) is 1.75. The van der Waals surface area contributed by atoms with E-state index in [2.05, 4.69) is 20.9 Å². The fraction of sp³-hybridized carbons (Fsp3) is 0.333. The average Bonchev–Trinajstić information content (AvgIpc) is 2.19. The average molecular weight is 259 g/mol. The van der Waals surface area contributed by atoms with Gasteiger partial charge in [-0.3, -0.25) is 9.63 Å². The molecule has 0 fully saturated rings. The van der Waals surface area contributed by atoms with Gasteiger partial charge in [0.15, 0.2) is 0 Å². The Morgan fingerprint density at radius 2 is 2.21 bits per heavy atom. The molecule has 1 aromatic heterocycles. The molecular formula is C9H11BrN2O2. The van der Waals surface area contributed by atoms with Crippen LogP contribution in [-0.4, -0.2) is 30.1 Å². The van der Waals surface area contributed by atoms with Crippen molar-refractivity contribution in [2.45, 2.75) is 6.92 Å². The minimum atomic E-state index is -0.275. The van der Waals surface area contributed by atoms with E-state index >= 15 is 0 Å². The fourth-order valence-corrected chi connectivity index (χ4v) is 1.31. The monoisotopic (exact) mass is 258 g/mol. The number of halogens is 1. The maximum Gasteiger partial charge on any atom is 0.296 e. The molecule has 0 aliphatic heterocycles. The van der Waals surface area contributed by atoms with Gasteiger partial charge in [0.25, 0.3) is 5.91 Å². The van der Waals surface area contributed by atoms with Crippen molar-refractivity contribution in [3.63, 3.8) is 0 Å². The Labute approximate surface area is 91.0 Å². The van der Waals surface area contributed by atoms with Crippen LogP contribution in [0.2, 0.25) is 0 Å². The van der Waals surface area contributed by atoms with Crippen LogP contribution in [0.1, 0.15) is 16.2 Å². The van der Waals surface area contributed by atoms with Crippen molar-refractivity contribution in [2.24, 2.45) is 0 Å². The first-order valence-electron chi connectivity index (χ1n) is 4.01. The predicted octanol–water partition coefficient (Wildman–Crippen LogP) is 1.79. The molecule has 0 N–H and O–H groups in total. The van der Waals surface area contributed by atoms with Crippen LogP contribution in [0.25, 0.3) is 0 Å². The van der Waals surface area contributed by atoms with Gasteiger partial charge >= 0.3 is 0 Å². The fourth-order valence-electron chi connectivity index (χ4n) is 0.922. The first-order chi connectivity index (χ1) is 6.56. The van der Waals surface area contributed by atoms with Gasteiger partial charge in [0.05, 0.1) is 7.11 Å². The number of aromatic nitrogens is 1. The van der Waals surface area contributed by atoms with E-state index in [-0.39, 0.29) is 5.91 Å². The second-order valence-electron chi connectivity index (χ2n) is 2.77. The Hall–Kier alpha value is -0.940. The van der Waals surface area contributed by atoms with E-state index in [0.717, 1.165) is 10.8 Å². The lowest BCUT2D eigenvalue weighted by Crippen LogP contribution is -2.26. The summed E-state index contributed by atoms with van der Waals surface area (Å²) in [5.74, 6) is -0.275. The number of hydrogen-bond donors (Lipinski definition) is 0.